The molecule has 0 N–H and O–H groups in total. The van der Waals surface area contributed by atoms with Gasteiger partial charge in [-0.2, -0.15) is 0 Å². The van der Waals surface area contributed by atoms with Crippen molar-refractivity contribution in [2.24, 2.45) is 4.99 Å². The number of rotatable bonds is 0. The molecule has 3 heteroatoms. The van der Waals surface area contributed by atoms with E-state index in [1.807, 2.05) is 0 Å². The molecule has 1 rings (SSSR count). The summed E-state index contributed by atoms with van der Waals surface area (Å²) in [6.07, 6.45) is 2.96. The van der Waals surface area contributed by atoms with Crippen molar-refractivity contribution in [3.8, 4) is 0 Å². The van der Waals surface area contributed by atoms with E-state index in [0.717, 1.165) is 0 Å². The Balaban J connectivity index is 2.58. The highest BCUT2D eigenvalue weighted by Gasteiger charge is 1.95. The van der Waals surface area contributed by atoms with Gasteiger partial charge in [0.15, 0.2) is 5.78 Å². The summed E-state index contributed by atoms with van der Waals surface area (Å²) in [5.74, 6) is 0.611. The highest BCUT2D eigenvalue weighted by molar-refractivity contribution is 8.02. The van der Waals surface area contributed by atoms with Crippen LogP contribution >= 0.6 is 11.8 Å². The Labute approximate surface area is 51.7 Å². The Bertz CT molecular complexity index is 151. The Morgan fingerprint density at radius 2 is 2.62 bits per heavy atom. The molecular weight excluding hydrogens is 122 g/mol. The third kappa shape index (κ3) is 1.50. The van der Waals surface area contributed by atoms with E-state index in [1.54, 1.807) is 11.6 Å². The Kier molecular flexibility index (Phi) is 1.86. The molecule has 0 atom stereocenters. The van der Waals surface area contributed by atoms with Gasteiger partial charge in [-0.1, -0.05) is 0 Å². The number of ketones is 1. The van der Waals surface area contributed by atoms with Gasteiger partial charge in [0.1, 0.15) is 0 Å². The average Bonchev–Trinajstić information content (AvgIpc) is 1.94. The molecule has 0 fully saturated rings. The first kappa shape index (κ1) is 5.56. The van der Waals surface area contributed by atoms with Crippen LogP contribution in [-0.2, 0) is 4.79 Å². The maximum atomic E-state index is 10.5. The molecule has 0 radical (unpaired) electrons. The van der Waals surface area contributed by atoms with Crippen LogP contribution in [0, 0.1) is 0 Å². The number of carbonyl (C=O) groups is 1. The smallest absolute Gasteiger partial charge is 0.184 e. The van der Waals surface area contributed by atoms with Crippen molar-refractivity contribution >= 4 is 23.8 Å². The second-order valence-electron chi connectivity index (χ2n) is 1.34. The standard InChI is InChI=1S/C5H5NOS/c7-5-3-6-1-2-8-4-5/h1-3H,4H2. The van der Waals surface area contributed by atoms with Crippen molar-refractivity contribution in [1.82, 2.24) is 0 Å². The Morgan fingerprint density at radius 3 is 3.50 bits per heavy atom. The Hall–Kier alpha value is -0.570. The zero-order valence-electron chi connectivity index (χ0n) is 4.20. The van der Waals surface area contributed by atoms with Crippen LogP contribution in [0.5, 0.6) is 0 Å². The van der Waals surface area contributed by atoms with Gasteiger partial charge >= 0.3 is 0 Å². The molecule has 0 bridgehead atoms. The first-order chi connectivity index (χ1) is 3.89. The van der Waals surface area contributed by atoms with Crippen molar-refractivity contribution in [3.05, 3.63) is 11.6 Å². The zero-order chi connectivity index (χ0) is 5.82. The van der Waals surface area contributed by atoms with Crippen molar-refractivity contribution in [2.45, 2.75) is 0 Å². The van der Waals surface area contributed by atoms with Crippen molar-refractivity contribution in [1.29, 1.82) is 0 Å². The molecule has 0 aromatic rings. The van der Waals surface area contributed by atoms with E-state index in [2.05, 4.69) is 4.99 Å². The number of thioether (sulfide) groups is 1. The third-order valence-corrected chi connectivity index (χ3v) is 1.45. The topological polar surface area (TPSA) is 29.4 Å². The lowest BCUT2D eigenvalue weighted by Gasteiger charge is -1.81. The van der Waals surface area contributed by atoms with Crippen LogP contribution in [0.1, 0.15) is 0 Å². The molecule has 0 aliphatic carbocycles. The minimum absolute atomic E-state index is 0.0833. The molecule has 0 saturated carbocycles. The van der Waals surface area contributed by atoms with E-state index in [9.17, 15) is 4.79 Å². The summed E-state index contributed by atoms with van der Waals surface area (Å²) in [4.78, 5) is 14.1. The van der Waals surface area contributed by atoms with E-state index in [0.29, 0.717) is 5.75 Å². The fourth-order valence-electron chi connectivity index (χ4n) is 0.372. The predicted molar refractivity (Wildman–Crippen MR) is 35.1 cm³/mol. The van der Waals surface area contributed by atoms with Gasteiger partial charge in [0.05, 0.1) is 12.0 Å². The number of Topliss-reactive ketones (excluding diaryl/α,β-unsaturated/α-hetero) is 1. The summed E-state index contributed by atoms with van der Waals surface area (Å²) < 4.78 is 0. The van der Waals surface area contributed by atoms with Gasteiger partial charge in [0, 0.05) is 6.20 Å². The molecule has 0 aromatic heterocycles. The maximum absolute atomic E-state index is 10.5. The Morgan fingerprint density at radius 1 is 1.75 bits per heavy atom. The summed E-state index contributed by atoms with van der Waals surface area (Å²) >= 11 is 1.47. The molecule has 8 heavy (non-hydrogen) atoms. The van der Waals surface area contributed by atoms with Crippen LogP contribution in [0.15, 0.2) is 16.6 Å². The lowest BCUT2D eigenvalue weighted by Crippen LogP contribution is -1.99. The summed E-state index contributed by atoms with van der Waals surface area (Å²) in [5.41, 5.74) is 0. The predicted octanol–water partition coefficient (Wildman–Crippen LogP) is 0.844. The van der Waals surface area contributed by atoms with Crippen LogP contribution in [0.2, 0.25) is 0 Å². The molecule has 0 saturated heterocycles. The number of nitrogens with zero attached hydrogens (tertiary/aromatic N) is 1. The van der Waals surface area contributed by atoms with Crippen molar-refractivity contribution < 1.29 is 4.79 Å². The maximum Gasteiger partial charge on any atom is 0.184 e. The summed E-state index contributed by atoms with van der Waals surface area (Å²) in [5, 5.41) is 1.81. The van der Waals surface area contributed by atoms with E-state index in [4.69, 9.17) is 0 Å². The summed E-state index contributed by atoms with van der Waals surface area (Å²) in [6.45, 7) is 0. The number of hydrogen-bond acceptors (Lipinski definition) is 3. The van der Waals surface area contributed by atoms with E-state index in [1.165, 1.54) is 18.0 Å². The van der Waals surface area contributed by atoms with Crippen LogP contribution < -0.4 is 0 Å². The van der Waals surface area contributed by atoms with Crippen LogP contribution in [0.3, 0.4) is 0 Å². The van der Waals surface area contributed by atoms with E-state index >= 15 is 0 Å². The minimum Gasteiger partial charge on any atom is -0.292 e. The number of aliphatic imine (C=N–C) groups is 1. The first-order valence-electron chi connectivity index (χ1n) is 2.22. The van der Waals surface area contributed by atoms with Crippen LogP contribution in [0.4, 0.5) is 0 Å². The molecule has 1 aliphatic heterocycles. The van der Waals surface area contributed by atoms with E-state index < -0.39 is 0 Å². The second kappa shape index (κ2) is 2.67. The van der Waals surface area contributed by atoms with Crippen LogP contribution in [-0.4, -0.2) is 17.8 Å². The normalized spacial score (nSPS) is 18.8. The number of carbonyl (C=O) groups excluding carboxylic acids is 1. The van der Waals surface area contributed by atoms with Gasteiger partial charge in [0.25, 0.3) is 0 Å². The molecule has 2 nitrogen and oxygen atoms in total. The lowest BCUT2D eigenvalue weighted by atomic mass is 10.5. The quantitative estimate of drug-likeness (QED) is 0.482. The largest absolute Gasteiger partial charge is 0.292 e. The van der Waals surface area contributed by atoms with Gasteiger partial charge < -0.3 is 0 Å². The molecule has 0 unspecified atom stereocenters. The molecule has 1 aliphatic rings. The van der Waals surface area contributed by atoms with Crippen molar-refractivity contribution in [2.75, 3.05) is 5.75 Å². The summed E-state index contributed by atoms with van der Waals surface area (Å²) in [7, 11) is 0. The molecule has 42 valence electrons. The van der Waals surface area contributed by atoms with Crippen molar-refractivity contribution in [3.63, 3.8) is 0 Å². The van der Waals surface area contributed by atoms with Gasteiger partial charge in [0.2, 0.25) is 0 Å². The van der Waals surface area contributed by atoms with E-state index in [-0.39, 0.29) is 5.78 Å². The molecule has 1 heterocycles. The molecule has 0 spiro atoms. The van der Waals surface area contributed by atoms with Gasteiger partial charge in [-0.15, -0.1) is 11.8 Å². The molecular formula is C5H5NOS. The minimum atomic E-state index is 0.0833. The number of hydrogen-bond donors (Lipinski definition) is 0. The van der Waals surface area contributed by atoms with Gasteiger partial charge in [-0.05, 0) is 5.41 Å². The highest BCUT2D eigenvalue weighted by Crippen LogP contribution is 2.03. The molecule has 0 amide bonds. The fourth-order valence-corrected chi connectivity index (χ4v) is 0.863. The SMILES string of the molecule is O=C1C=NC=CSC1. The first-order valence-corrected chi connectivity index (χ1v) is 3.27. The fraction of sp³-hybridized carbons (Fsp3) is 0.200. The van der Waals surface area contributed by atoms with Gasteiger partial charge in [-0.3, -0.25) is 9.79 Å². The highest BCUT2D eigenvalue weighted by atomic mass is 32.2. The third-order valence-electron chi connectivity index (χ3n) is 0.687. The monoisotopic (exact) mass is 127 g/mol. The second-order valence-corrected chi connectivity index (χ2v) is 2.23. The van der Waals surface area contributed by atoms with Crippen LogP contribution in [0.25, 0.3) is 0 Å². The average molecular weight is 127 g/mol. The zero-order valence-corrected chi connectivity index (χ0v) is 5.02. The summed E-state index contributed by atoms with van der Waals surface area (Å²) in [6, 6.07) is 0. The molecule has 0 aromatic carbocycles. The van der Waals surface area contributed by atoms with Gasteiger partial charge in [-0.25, -0.2) is 0 Å². The lowest BCUT2D eigenvalue weighted by molar-refractivity contribution is -0.110.